The van der Waals surface area contributed by atoms with Crippen LogP contribution < -0.4 is 5.84 Å². The average molecular weight is 437 g/mol. The van der Waals surface area contributed by atoms with Gasteiger partial charge < -0.3 is 10.8 Å². The van der Waals surface area contributed by atoms with E-state index in [0.29, 0.717) is 12.1 Å². The summed E-state index contributed by atoms with van der Waals surface area (Å²) in [6.07, 6.45) is 0.374. The molecule has 2 aromatic heterocycles. The van der Waals surface area contributed by atoms with Crippen LogP contribution in [-0.2, 0) is 12.7 Å². The minimum absolute atomic E-state index is 0.121. The molecule has 1 aliphatic heterocycles. The van der Waals surface area contributed by atoms with E-state index in [4.69, 9.17) is 17.4 Å². The lowest BCUT2D eigenvalue weighted by Crippen LogP contribution is -2.36. The molecule has 0 aliphatic carbocycles. The second kappa shape index (κ2) is 8.23. The molecule has 1 aromatic carbocycles. The number of hydrogen-bond acceptors (Lipinski definition) is 5. The Morgan fingerprint density at radius 1 is 1.23 bits per heavy atom. The van der Waals surface area contributed by atoms with Crippen molar-refractivity contribution in [2.75, 3.05) is 13.1 Å². The van der Waals surface area contributed by atoms with Crippen LogP contribution in [0.4, 0.5) is 13.2 Å². The number of rotatable bonds is 4. The quantitative estimate of drug-likeness (QED) is 0.364. The number of likely N-dealkylation sites (tertiary alicyclic amines) is 1. The molecule has 3 N–H and O–H groups in total. The van der Waals surface area contributed by atoms with Crippen molar-refractivity contribution in [3.05, 3.63) is 58.6 Å². The molecular formula is C20H20ClF3N6. The number of hydrogen-bond donors (Lipinski definition) is 2. The number of H-pyrrole nitrogens is 1. The van der Waals surface area contributed by atoms with Gasteiger partial charge in [-0.3, -0.25) is 4.90 Å². The molecule has 0 radical (unpaired) electrons. The van der Waals surface area contributed by atoms with E-state index in [1.54, 1.807) is 12.3 Å². The number of aromatic amines is 1. The maximum atomic E-state index is 13.1. The van der Waals surface area contributed by atoms with Gasteiger partial charge in [-0.25, -0.2) is 9.97 Å². The number of fused-ring (bicyclic) bond motifs is 1. The Bertz CT molecular complexity index is 1070. The number of aromatic nitrogens is 3. The van der Waals surface area contributed by atoms with Crippen molar-refractivity contribution in [2.45, 2.75) is 25.6 Å². The number of alkyl halides is 3. The normalized spacial score (nSPS) is 17.0. The van der Waals surface area contributed by atoms with Crippen LogP contribution in [0.15, 0.2) is 41.9 Å². The lowest BCUT2D eigenvalue weighted by Gasteiger charge is -2.32. The van der Waals surface area contributed by atoms with Gasteiger partial charge in [0.15, 0.2) is 0 Å². The molecule has 0 atom stereocenters. The second-order valence-electron chi connectivity index (χ2n) is 7.34. The van der Waals surface area contributed by atoms with Crippen LogP contribution >= 0.6 is 11.6 Å². The first-order chi connectivity index (χ1) is 14.4. The third-order valence-corrected chi connectivity index (χ3v) is 5.78. The van der Waals surface area contributed by atoms with E-state index in [1.165, 1.54) is 12.4 Å². The highest BCUT2D eigenvalue weighted by molar-refractivity contribution is 6.31. The molecule has 0 amide bonds. The van der Waals surface area contributed by atoms with Gasteiger partial charge in [-0.2, -0.15) is 18.3 Å². The Hall–Kier alpha value is -2.65. The molecule has 1 fully saturated rings. The molecule has 6 nitrogen and oxygen atoms in total. The summed E-state index contributed by atoms with van der Waals surface area (Å²) in [6, 6.07) is 5.97. The van der Waals surface area contributed by atoms with Crippen molar-refractivity contribution in [1.29, 1.82) is 0 Å². The molecule has 10 heteroatoms. The van der Waals surface area contributed by atoms with Crippen LogP contribution in [0.3, 0.4) is 0 Å². The fourth-order valence-electron chi connectivity index (χ4n) is 3.95. The average Bonchev–Trinajstić information content (AvgIpc) is 3.20. The zero-order valence-corrected chi connectivity index (χ0v) is 16.7. The minimum Gasteiger partial charge on any atom is -0.346 e. The van der Waals surface area contributed by atoms with Gasteiger partial charge >= 0.3 is 6.18 Å². The minimum atomic E-state index is -4.46. The molecule has 0 spiro atoms. The van der Waals surface area contributed by atoms with E-state index in [1.807, 2.05) is 6.07 Å². The van der Waals surface area contributed by atoms with Crippen molar-refractivity contribution in [1.82, 2.24) is 19.9 Å². The summed E-state index contributed by atoms with van der Waals surface area (Å²) in [7, 11) is 0. The monoisotopic (exact) mass is 436 g/mol. The topological polar surface area (TPSA) is 83.2 Å². The second-order valence-corrected chi connectivity index (χ2v) is 7.75. The highest BCUT2D eigenvalue weighted by Gasteiger charge is 2.33. The van der Waals surface area contributed by atoms with E-state index < -0.39 is 11.7 Å². The van der Waals surface area contributed by atoms with Crippen molar-refractivity contribution in [3.8, 4) is 0 Å². The summed E-state index contributed by atoms with van der Waals surface area (Å²) >= 11 is 5.71. The summed E-state index contributed by atoms with van der Waals surface area (Å²) in [5, 5.41) is 4.61. The lowest BCUT2D eigenvalue weighted by molar-refractivity contribution is -0.137. The first-order valence-corrected chi connectivity index (χ1v) is 9.89. The van der Waals surface area contributed by atoms with Gasteiger partial charge in [0, 0.05) is 24.0 Å². The standard InChI is InChI=1S/C20H20ClF3N6/c21-16-2-1-12(9-15(16)20(22,23)24)10-30-7-4-13(5-8-30)17(29-25)18-14-3-6-26-19(14)28-11-27-18/h1-3,6,9,11,13H,4-5,7-8,10,25H2,(H,26,27,28). The first-order valence-electron chi connectivity index (χ1n) is 9.51. The van der Waals surface area contributed by atoms with Crippen molar-refractivity contribution >= 4 is 28.3 Å². The van der Waals surface area contributed by atoms with Crippen molar-refractivity contribution in [2.24, 2.45) is 16.9 Å². The number of benzene rings is 1. The van der Waals surface area contributed by atoms with E-state index in [-0.39, 0.29) is 10.9 Å². The Balaban J connectivity index is 1.45. The van der Waals surface area contributed by atoms with Crippen molar-refractivity contribution < 1.29 is 13.2 Å². The van der Waals surface area contributed by atoms with Crippen LogP contribution in [0.25, 0.3) is 11.0 Å². The SMILES string of the molecule is NN=C(c1ncnc2[nH]ccc12)C1CCN(Cc2ccc(Cl)c(C(F)(F)F)c2)CC1. The van der Waals surface area contributed by atoms with E-state index in [0.717, 1.165) is 54.4 Å². The molecule has 0 bridgehead atoms. The Labute approximate surface area is 175 Å². The Morgan fingerprint density at radius 3 is 2.70 bits per heavy atom. The highest BCUT2D eigenvalue weighted by atomic mass is 35.5. The van der Waals surface area contributed by atoms with Gasteiger partial charge in [0.05, 0.1) is 22.0 Å². The van der Waals surface area contributed by atoms with E-state index in [9.17, 15) is 13.2 Å². The van der Waals surface area contributed by atoms with Crippen LogP contribution in [0.1, 0.15) is 29.7 Å². The van der Waals surface area contributed by atoms with Gasteiger partial charge in [-0.1, -0.05) is 17.7 Å². The third-order valence-electron chi connectivity index (χ3n) is 5.45. The van der Waals surface area contributed by atoms with E-state index in [2.05, 4.69) is 25.0 Å². The van der Waals surface area contributed by atoms with Crippen LogP contribution in [-0.4, -0.2) is 38.7 Å². The lowest BCUT2D eigenvalue weighted by atomic mass is 9.89. The predicted octanol–water partition coefficient (Wildman–Crippen LogP) is 4.21. The summed E-state index contributed by atoms with van der Waals surface area (Å²) < 4.78 is 39.3. The molecule has 3 heterocycles. The highest BCUT2D eigenvalue weighted by Crippen LogP contribution is 2.35. The smallest absolute Gasteiger partial charge is 0.346 e. The molecular weight excluding hydrogens is 417 g/mol. The summed E-state index contributed by atoms with van der Waals surface area (Å²) in [4.78, 5) is 13.7. The molecule has 0 unspecified atom stereocenters. The number of halogens is 4. The molecule has 3 aromatic rings. The third kappa shape index (κ3) is 4.13. The molecule has 0 saturated carbocycles. The van der Waals surface area contributed by atoms with Gasteiger partial charge in [0.1, 0.15) is 12.0 Å². The molecule has 1 aliphatic rings. The summed E-state index contributed by atoms with van der Waals surface area (Å²) in [6.45, 7) is 1.86. The summed E-state index contributed by atoms with van der Waals surface area (Å²) in [5.41, 5.74) is 1.96. The molecule has 1 saturated heterocycles. The number of piperidine rings is 1. The van der Waals surface area contributed by atoms with Gasteiger partial charge in [-0.15, -0.1) is 0 Å². The van der Waals surface area contributed by atoms with Gasteiger partial charge in [0.2, 0.25) is 0 Å². The van der Waals surface area contributed by atoms with Gasteiger partial charge in [-0.05, 0) is 49.7 Å². The summed E-state index contributed by atoms with van der Waals surface area (Å²) in [5.74, 6) is 5.83. The Kier molecular flexibility index (Phi) is 5.66. The largest absolute Gasteiger partial charge is 0.417 e. The van der Waals surface area contributed by atoms with Crippen LogP contribution in [0.2, 0.25) is 5.02 Å². The fourth-order valence-corrected chi connectivity index (χ4v) is 4.17. The number of nitrogens with zero attached hydrogens (tertiary/aromatic N) is 4. The van der Waals surface area contributed by atoms with E-state index >= 15 is 0 Å². The van der Waals surface area contributed by atoms with Crippen LogP contribution in [0.5, 0.6) is 0 Å². The number of nitrogens with one attached hydrogen (secondary N) is 1. The zero-order chi connectivity index (χ0) is 21.3. The first kappa shape index (κ1) is 20.6. The zero-order valence-electron chi connectivity index (χ0n) is 16.0. The van der Waals surface area contributed by atoms with Crippen LogP contribution in [0, 0.1) is 5.92 Å². The maximum Gasteiger partial charge on any atom is 0.417 e. The Morgan fingerprint density at radius 2 is 2.00 bits per heavy atom. The molecule has 4 rings (SSSR count). The number of nitrogens with two attached hydrogens (primary N) is 1. The molecule has 30 heavy (non-hydrogen) atoms. The maximum absolute atomic E-state index is 13.1. The van der Waals surface area contributed by atoms with Gasteiger partial charge in [0.25, 0.3) is 0 Å². The molecule has 158 valence electrons. The fraction of sp³-hybridized carbons (Fsp3) is 0.350. The predicted molar refractivity (Wildman–Crippen MR) is 109 cm³/mol. The number of hydrazone groups is 1. The van der Waals surface area contributed by atoms with Crippen molar-refractivity contribution in [3.63, 3.8) is 0 Å².